The summed E-state index contributed by atoms with van der Waals surface area (Å²) in [6.07, 6.45) is 1.17. The maximum absolute atomic E-state index is 5.55. The van der Waals surface area contributed by atoms with Gasteiger partial charge in [-0.25, -0.2) is 0 Å². The fraction of sp³-hybridized carbons (Fsp3) is 0.667. The van der Waals surface area contributed by atoms with Crippen molar-refractivity contribution in [1.29, 1.82) is 0 Å². The largest absolute Gasteiger partial charge is 0.379 e. The van der Waals surface area contributed by atoms with E-state index in [0.29, 0.717) is 18.0 Å². The van der Waals surface area contributed by atoms with Crippen LogP contribution in [0.2, 0.25) is 0 Å². The molecule has 3 heteroatoms. The van der Waals surface area contributed by atoms with Gasteiger partial charge in [0, 0.05) is 25.2 Å². The topological polar surface area (TPSA) is 24.5 Å². The van der Waals surface area contributed by atoms with Gasteiger partial charge in [0.25, 0.3) is 0 Å². The monoisotopic (exact) mass is 290 g/mol. The van der Waals surface area contributed by atoms with Crippen LogP contribution < -0.4 is 5.32 Å². The van der Waals surface area contributed by atoms with Crippen molar-refractivity contribution in [3.05, 3.63) is 35.9 Å². The molecule has 0 radical (unpaired) electrons. The smallest absolute Gasteiger partial charge is 0.0619 e. The standard InChI is InChI=1S/C18H30N2O/c1-4-10-19-18(17-8-6-5-7-9-17)15(2)13-20-11-12-21-14-16(20)3/h5-9,15-16,18-19H,4,10-14H2,1-3H3. The van der Waals surface area contributed by atoms with Crippen LogP contribution in [0.3, 0.4) is 0 Å². The molecule has 1 aromatic rings. The molecule has 1 aromatic carbocycles. The van der Waals surface area contributed by atoms with E-state index in [0.717, 1.165) is 32.8 Å². The zero-order valence-electron chi connectivity index (χ0n) is 13.7. The first-order valence-electron chi connectivity index (χ1n) is 8.32. The van der Waals surface area contributed by atoms with E-state index in [4.69, 9.17) is 4.74 Å². The number of nitrogens with one attached hydrogen (secondary N) is 1. The molecular weight excluding hydrogens is 260 g/mol. The SMILES string of the molecule is CCCNC(c1ccccc1)C(C)CN1CCOCC1C. The Morgan fingerprint density at radius 1 is 1.33 bits per heavy atom. The highest BCUT2D eigenvalue weighted by molar-refractivity contribution is 5.19. The minimum Gasteiger partial charge on any atom is -0.379 e. The molecule has 0 amide bonds. The number of benzene rings is 1. The first-order chi connectivity index (χ1) is 10.2. The Morgan fingerprint density at radius 3 is 2.76 bits per heavy atom. The first kappa shape index (κ1) is 16.5. The highest BCUT2D eigenvalue weighted by Crippen LogP contribution is 2.24. The summed E-state index contributed by atoms with van der Waals surface area (Å²) >= 11 is 0. The fourth-order valence-corrected chi connectivity index (χ4v) is 3.12. The van der Waals surface area contributed by atoms with Crippen molar-refractivity contribution >= 4 is 0 Å². The lowest BCUT2D eigenvalue weighted by Crippen LogP contribution is -2.47. The molecule has 0 spiro atoms. The zero-order chi connectivity index (χ0) is 15.1. The number of nitrogens with zero attached hydrogens (tertiary/aromatic N) is 1. The Bertz CT molecular complexity index is 395. The number of morpholine rings is 1. The minimum atomic E-state index is 0.432. The maximum Gasteiger partial charge on any atom is 0.0619 e. The average molecular weight is 290 g/mol. The van der Waals surface area contributed by atoms with Crippen molar-refractivity contribution in [3.8, 4) is 0 Å². The molecule has 3 atom stereocenters. The number of ether oxygens (including phenoxy) is 1. The van der Waals surface area contributed by atoms with Crippen LogP contribution in [0.4, 0.5) is 0 Å². The molecule has 3 nitrogen and oxygen atoms in total. The van der Waals surface area contributed by atoms with Crippen LogP contribution in [-0.2, 0) is 4.74 Å². The Hall–Kier alpha value is -0.900. The number of rotatable bonds is 7. The first-order valence-corrected chi connectivity index (χ1v) is 8.32. The van der Waals surface area contributed by atoms with Gasteiger partial charge in [-0.2, -0.15) is 0 Å². The van der Waals surface area contributed by atoms with E-state index in [-0.39, 0.29) is 0 Å². The third kappa shape index (κ3) is 4.80. The molecule has 3 unspecified atom stereocenters. The summed E-state index contributed by atoms with van der Waals surface area (Å²) in [5.41, 5.74) is 1.40. The van der Waals surface area contributed by atoms with Gasteiger partial charge in [0.2, 0.25) is 0 Å². The lowest BCUT2D eigenvalue weighted by molar-refractivity contribution is -0.00855. The Labute approximate surface area is 129 Å². The fourth-order valence-electron chi connectivity index (χ4n) is 3.12. The van der Waals surface area contributed by atoms with Crippen LogP contribution in [0.15, 0.2) is 30.3 Å². The lowest BCUT2D eigenvalue weighted by Gasteiger charge is -2.37. The van der Waals surface area contributed by atoms with Crippen molar-refractivity contribution in [2.45, 2.75) is 39.3 Å². The molecule has 1 N–H and O–H groups in total. The summed E-state index contributed by atoms with van der Waals surface area (Å²) in [5.74, 6) is 0.583. The van der Waals surface area contributed by atoms with Crippen molar-refractivity contribution in [3.63, 3.8) is 0 Å². The van der Waals surface area contributed by atoms with Crippen LogP contribution in [0.25, 0.3) is 0 Å². The molecule has 21 heavy (non-hydrogen) atoms. The molecule has 1 saturated heterocycles. The van der Waals surface area contributed by atoms with E-state index in [1.165, 1.54) is 12.0 Å². The zero-order valence-corrected chi connectivity index (χ0v) is 13.7. The molecule has 0 aromatic heterocycles. The number of hydrogen-bond acceptors (Lipinski definition) is 3. The molecule has 1 fully saturated rings. The van der Waals surface area contributed by atoms with E-state index < -0.39 is 0 Å². The van der Waals surface area contributed by atoms with Gasteiger partial charge < -0.3 is 10.1 Å². The van der Waals surface area contributed by atoms with Crippen molar-refractivity contribution < 1.29 is 4.74 Å². The predicted molar refractivity (Wildman–Crippen MR) is 88.5 cm³/mol. The normalized spacial score (nSPS) is 22.9. The van der Waals surface area contributed by atoms with E-state index in [9.17, 15) is 0 Å². The Kier molecular flexibility index (Phi) is 6.68. The Balaban J connectivity index is 2.01. The second-order valence-electron chi connectivity index (χ2n) is 6.24. The quantitative estimate of drug-likeness (QED) is 0.835. The van der Waals surface area contributed by atoms with Crippen LogP contribution in [-0.4, -0.2) is 43.8 Å². The van der Waals surface area contributed by atoms with E-state index in [2.05, 4.69) is 61.3 Å². The highest BCUT2D eigenvalue weighted by atomic mass is 16.5. The third-order valence-electron chi connectivity index (χ3n) is 4.37. The second-order valence-corrected chi connectivity index (χ2v) is 6.24. The lowest BCUT2D eigenvalue weighted by atomic mass is 9.93. The van der Waals surface area contributed by atoms with Crippen LogP contribution in [0, 0.1) is 5.92 Å². The molecule has 1 aliphatic heterocycles. The molecule has 0 bridgehead atoms. The summed E-state index contributed by atoms with van der Waals surface area (Å²) in [6, 6.07) is 11.8. The Morgan fingerprint density at radius 2 is 2.10 bits per heavy atom. The molecule has 2 rings (SSSR count). The van der Waals surface area contributed by atoms with Gasteiger partial charge in [-0.15, -0.1) is 0 Å². The van der Waals surface area contributed by atoms with Gasteiger partial charge in [-0.05, 0) is 31.4 Å². The van der Waals surface area contributed by atoms with Crippen molar-refractivity contribution in [2.75, 3.05) is 32.8 Å². The predicted octanol–water partition coefficient (Wildman–Crippen LogP) is 3.08. The van der Waals surface area contributed by atoms with Crippen molar-refractivity contribution in [2.24, 2.45) is 5.92 Å². The average Bonchev–Trinajstić information content (AvgIpc) is 2.51. The van der Waals surface area contributed by atoms with Gasteiger partial charge >= 0.3 is 0 Å². The summed E-state index contributed by atoms with van der Waals surface area (Å²) in [4.78, 5) is 2.57. The van der Waals surface area contributed by atoms with E-state index in [1.54, 1.807) is 0 Å². The van der Waals surface area contributed by atoms with Gasteiger partial charge in [-0.1, -0.05) is 44.2 Å². The molecule has 0 saturated carbocycles. The maximum atomic E-state index is 5.55. The number of hydrogen-bond donors (Lipinski definition) is 1. The van der Waals surface area contributed by atoms with Crippen LogP contribution in [0.5, 0.6) is 0 Å². The summed E-state index contributed by atoms with van der Waals surface area (Å²) in [6.45, 7) is 11.8. The summed E-state index contributed by atoms with van der Waals surface area (Å²) < 4.78 is 5.55. The third-order valence-corrected chi connectivity index (χ3v) is 4.37. The molecular formula is C18H30N2O. The van der Waals surface area contributed by atoms with E-state index in [1.807, 2.05) is 0 Å². The van der Waals surface area contributed by atoms with Crippen LogP contribution >= 0.6 is 0 Å². The molecule has 1 heterocycles. The summed E-state index contributed by atoms with van der Waals surface area (Å²) in [7, 11) is 0. The molecule has 118 valence electrons. The molecule has 0 aliphatic carbocycles. The van der Waals surface area contributed by atoms with Crippen molar-refractivity contribution in [1.82, 2.24) is 10.2 Å². The highest BCUT2D eigenvalue weighted by Gasteiger charge is 2.25. The van der Waals surface area contributed by atoms with Crippen LogP contribution in [0.1, 0.15) is 38.8 Å². The summed E-state index contributed by atoms with van der Waals surface area (Å²) in [5, 5.41) is 3.73. The van der Waals surface area contributed by atoms with Gasteiger partial charge in [0.05, 0.1) is 13.2 Å². The van der Waals surface area contributed by atoms with Gasteiger partial charge in [-0.3, -0.25) is 4.90 Å². The van der Waals surface area contributed by atoms with Gasteiger partial charge in [0.15, 0.2) is 0 Å². The second kappa shape index (κ2) is 8.52. The van der Waals surface area contributed by atoms with Gasteiger partial charge in [0.1, 0.15) is 0 Å². The van der Waals surface area contributed by atoms with E-state index >= 15 is 0 Å². The minimum absolute atomic E-state index is 0.432. The molecule has 1 aliphatic rings.